The van der Waals surface area contributed by atoms with Crippen LogP contribution in [0.3, 0.4) is 0 Å². The molecule has 1 N–H and O–H groups in total. The summed E-state index contributed by atoms with van der Waals surface area (Å²) in [5.41, 5.74) is 1.49. The number of anilines is 1. The molecule has 0 fully saturated rings. The van der Waals surface area contributed by atoms with Gasteiger partial charge in [0, 0.05) is 6.07 Å². The summed E-state index contributed by atoms with van der Waals surface area (Å²) in [6.45, 7) is 0. The second-order valence-electron chi connectivity index (χ2n) is 7.22. The van der Waals surface area contributed by atoms with Gasteiger partial charge in [-0.05, 0) is 42.5 Å². The van der Waals surface area contributed by atoms with Gasteiger partial charge in [-0.25, -0.2) is 14.4 Å². The van der Waals surface area contributed by atoms with Crippen LogP contribution in [-0.2, 0) is 4.79 Å². The summed E-state index contributed by atoms with van der Waals surface area (Å²) in [6.07, 6.45) is 0. The van der Waals surface area contributed by atoms with Gasteiger partial charge in [-0.1, -0.05) is 41.3 Å². The third kappa shape index (κ3) is 4.37. The standard InChI is InChI=1S/C24H17FN4O3S2/c1-32-16-6-4-5-15(12-16)29-22(31)17-7-2-3-8-18(17)27-24(29)33-13-21(30)28-23-26-19-10-9-14(25)11-20(19)34-23/h2-12H,13H2,1H3,(H,26,28,30). The molecule has 0 atom stereocenters. The molecule has 5 rings (SSSR count). The second kappa shape index (κ2) is 9.24. The molecule has 10 heteroatoms. The predicted octanol–water partition coefficient (Wildman–Crippen LogP) is 4.87. The van der Waals surface area contributed by atoms with E-state index in [1.807, 2.05) is 6.07 Å². The van der Waals surface area contributed by atoms with Gasteiger partial charge >= 0.3 is 0 Å². The third-order valence-corrected chi connectivity index (χ3v) is 6.86. The van der Waals surface area contributed by atoms with E-state index < -0.39 is 0 Å². The SMILES string of the molecule is COc1cccc(-n2c(SCC(=O)Nc3nc4ccc(F)cc4s3)nc3ccccc3c2=O)c1. The molecule has 0 saturated heterocycles. The molecule has 34 heavy (non-hydrogen) atoms. The smallest absolute Gasteiger partial charge is 0.266 e. The molecule has 0 bridgehead atoms. The molecule has 0 unspecified atom stereocenters. The number of nitrogens with one attached hydrogen (secondary N) is 1. The zero-order chi connectivity index (χ0) is 23.7. The zero-order valence-electron chi connectivity index (χ0n) is 17.8. The van der Waals surface area contributed by atoms with Crippen molar-refractivity contribution in [2.45, 2.75) is 5.16 Å². The minimum absolute atomic E-state index is 0.000957. The molecule has 0 aliphatic heterocycles. The van der Waals surface area contributed by atoms with Gasteiger partial charge in [0.1, 0.15) is 11.6 Å². The summed E-state index contributed by atoms with van der Waals surface area (Å²) in [5.74, 6) is -0.0795. The molecule has 3 aromatic carbocycles. The number of amides is 1. The molecule has 1 amide bonds. The number of nitrogens with zero attached hydrogens (tertiary/aromatic N) is 3. The minimum Gasteiger partial charge on any atom is -0.497 e. The largest absolute Gasteiger partial charge is 0.497 e. The Kier molecular flexibility index (Phi) is 5.99. The molecule has 7 nitrogen and oxygen atoms in total. The number of benzene rings is 3. The van der Waals surface area contributed by atoms with Crippen LogP contribution < -0.4 is 15.6 Å². The Labute approximate surface area is 201 Å². The van der Waals surface area contributed by atoms with Crippen LogP contribution in [0.1, 0.15) is 0 Å². The lowest BCUT2D eigenvalue weighted by atomic mass is 10.2. The molecular formula is C24H17FN4O3S2. The first-order valence-electron chi connectivity index (χ1n) is 10.2. The highest BCUT2D eigenvalue weighted by Gasteiger charge is 2.16. The van der Waals surface area contributed by atoms with E-state index in [9.17, 15) is 14.0 Å². The number of hydrogen-bond donors (Lipinski definition) is 1. The van der Waals surface area contributed by atoms with E-state index >= 15 is 0 Å². The van der Waals surface area contributed by atoms with Gasteiger partial charge in [-0.3, -0.25) is 14.2 Å². The topological polar surface area (TPSA) is 86.1 Å². The fourth-order valence-corrected chi connectivity index (χ4v) is 5.14. The van der Waals surface area contributed by atoms with E-state index in [4.69, 9.17) is 4.74 Å². The Morgan fingerprint density at radius 1 is 1.09 bits per heavy atom. The van der Waals surface area contributed by atoms with Gasteiger partial charge in [0.2, 0.25) is 5.91 Å². The molecule has 0 aliphatic carbocycles. The van der Waals surface area contributed by atoms with Crippen LogP contribution in [0.25, 0.3) is 26.8 Å². The quantitative estimate of drug-likeness (QED) is 0.269. The number of carbonyl (C=O) groups is 1. The van der Waals surface area contributed by atoms with E-state index in [1.54, 1.807) is 55.6 Å². The maximum Gasteiger partial charge on any atom is 0.266 e. The van der Waals surface area contributed by atoms with Crippen molar-refractivity contribution in [2.24, 2.45) is 0 Å². The zero-order valence-corrected chi connectivity index (χ0v) is 19.5. The van der Waals surface area contributed by atoms with Crippen molar-refractivity contribution in [1.29, 1.82) is 0 Å². The van der Waals surface area contributed by atoms with E-state index in [1.165, 1.54) is 28.0 Å². The highest BCUT2D eigenvalue weighted by Crippen LogP contribution is 2.27. The molecule has 0 spiro atoms. The molecule has 0 saturated carbocycles. The van der Waals surface area contributed by atoms with Crippen molar-refractivity contribution in [3.05, 3.63) is 82.9 Å². The van der Waals surface area contributed by atoms with Crippen molar-refractivity contribution in [3.63, 3.8) is 0 Å². The lowest BCUT2D eigenvalue weighted by molar-refractivity contribution is -0.113. The summed E-state index contributed by atoms with van der Waals surface area (Å²) in [6, 6.07) is 18.4. The number of halogens is 1. The maximum atomic E-state index is 13.4. The number of rotatable bonds is 6. The average molecular weight is 493 g/mol. The number of thioether (sulfide) groups is 1. The van der Waals surface area contributed by atoms with Gasteiger partial charge in [-0.15, -0.1) is 0 Å². The third-order valence-electron chi connectivity index (χ3n) is 4.99. The average Bonchev–Trinajstić information content (AvgIpc) is 3.24. The number of carbonyl (C=O) groups excluding carboxylic acids is 1. The highest BCUT2D eigenvalue weighted by atomic mass is 32.2. The summed E-state index contributed by atoms with van der Waals surface area (Å²) in [4.78, 5) is 34.9. The van der Waals surface area contributed by atoms with Gasteiger partial charge < -0.3 is 10.1 Å². The number of thiazole rings is 1. The first-order chi connectivity index (χ1) is 16.5. The van der Waals surface area contributed by atoms with Crippen LogP contribution in [0.2, 0.25) is 0 Å². The molecule has 2 aromatic heterocycles. The first kappa shape index (κ1) is 22.1. The minimum atomic E-state index is -0.359. The number of para-hydroxylation sites is 1. The summed E-state index contributed by atoms with van der Waals surface area (Å²) >= 11 is 2.33. The Morgan fingerprint density at radius 3 is 2.79 bits per heavy atom. The van der Waals surface area contributed by atoms with Crippen molar-refractivity contribution in [1.82, 2.24) is 14.5 Å². The Morgan fingerprint density at radius 2 is 1.94 bits per heavy atom. The summed E-state index contributed by atoms with van der Waals surface area (Å²) in [5, 5.41) is 3.96. The van der Waals surface area contributed by atoms with Crippen molar-refractivity contribution in [3.8, 4) is 11.4 Å². The molecule has 0 aliphatic rings. The Balaban J connectivity index is 1.45. The maximum absolute atomic E-state index is 13.4. The lowest BCUT2D eigenvalue weighted by Crippen LogP contribution is -2.23. The van der Waals surface area contributed by atoms with Gasteiger partial charge in [0.25, 0.3) is 5.56 Å². The van der Waals surface area contributed by atoms with E-state index in [0.717, 1.165) is 11.8 Å². The number of aromatic nitrogens is 3. The van der Waals surface area contributed by atoms with Crippen LogP contribution >= 0.6 is 23.1 Å². The monoisotopic (exact) mass is 492 g/mol. The van der Waals surface area contributed by atoms with Gasteiger partial charge in [0.15, 0.2) is 10.3 Å². The Hall–Kier alpha value is -3.76. The highest BCUT2D eigenvalue weighted by molar-refractivity contribution is 7.99. The summed E-state index contributed by atoms with van der Waals surface area (Å²) in [7, 11) is 1.55. The van der Waals surface area contributed by atoms with Crippen molar-refractivity contribution < 1.29 is 13.9 Å². The van der Waals surface area contributed by atoms with Crippen molar-refractivity contribution >= 4 is 55.3 Å². The fourth-order valence-electron chi connectivity index (χ4n) is 3.42. The van der Waals surface area contributed by atoms with E-state index in [0.29, 0.717) is 42.8 Å². The van der Waals surface area contributed by atoms with Crippen LogP contribution in [0, 0.1) is 5.82 Å². The van der Waals surface area contributed by atoms with Crippen LogP contribution in [0.5, 0.6) is 5.75 Å². The van der Waals surface area contributed by atoms with E-state index in [2.05, 4.69) is 15.3 Å². The Bertz CT molecular complexity index is 1600. The van der Waals surface area contributed by atoms with Crippen molar-refractivity contribution in [2.75, 3.05) is 18.2 Å². The fraction of sp³-hybridized carbons (Fsp3) is 0.0833. The first-order valence-corrected chi connectivity index (χ1v) is 12.0. The van der Waals surface area contributed by atoms with Crippen LogP contribution in [0.4, 0.5) is 9.52 Å². The normalized spacial score (nSPS) is 11.1. The summed E-state index contributed by atoms with van der Waals surface area (Å²) < 4.78 is 20.9. The lowest BCUT2D eigenvalue weighted by Gasteiger charge is -2.14. The molecule has 5 aromatic rings. The predicted molar refractivity (Wildman–Crippen MR) is 133 cm³/mol. The molecule has 0 radical (unpaired) electrons. The molecule has 170 valence electrons. The van der Waals surface area contributed by atoms with Crippen LogP contribution in [-0.4, -0.2) is 33.3 Å². The van der Waals surface area contributed by atoms with Gasteiger partial charge in [-0.2, -0.15) is 0 Å². The van der Waals surface area contributed by atoms with Crippen LogP contribution in [0.15, 0.2) is 76.7 Å². The number of ether oxygens (including phenoxy) is 1. The number of methoxy groups -OCH3 is 1. The number of fused-ring (bicyclic) bond motifs is 2. The number of hydrogen-bond acceptors (Lipinski definition) is 7. The van der Waals surface area contributed by atoms with E-state index in [-0.39, 0.29) is 23.0 Å². The van der Waals surface area contributed by atoms with Gasteiger partial charge in [0.05, 0.1) is 39.7 Å². The second-order valence-corrected chi connectivity index (χ2v) is 9.19. The molecular weight excluding hydrogens is 475 g/mol. The molecule has 2 heterocycles.